The minimum Gasteiger partial charge on any atom is -0.479 e. The van der Waals surface area contributed by atoms with Gasteiger partial charge in [-0.2, -0.15) is 0 Å². The van der Waals surface area contributed by atoms with Gasteiger partial charge in [-0.15, -0.1) is 0 Å². The van der Waals surface area contributed by atoms with E-state index in [1.54, 1.807) is 0 Å². The monoisotopic (exact) mass is 318 g/mol. The number of carboxylic acids is 1. The fourth-order valence-electron chi connectivity index (χ4n) is 1.28. The molecule has 0 bridgehead atoms. The van der Waals surface area contributed by atoms with Crippen LogP contribution in [0.4, 0.5) is 11.4 Å². The summed E-state index contributed by atoms with van der Waals surface area (Å²) in [6, 6.07) is 4.37. The van der Waals surface area contributed by atoms with Crippen molar-refractivity contribution < 1.29 is 19.6 Å². The van der Waals surface area contributed by atoms with Crippen molar-refractivity contribution in [2.45, 2.75) is 6.10 Å². The molecule has 1 unspecified atom stereocenters. The Morgan fingerprint density at radius 1 is 1.67 bits per heavy atom. The minimum atomic E-state index is -1.14. The molecule has 0 aliphatic carbocycles. The van der Waals surface area contributed by atoms with Crippen LogP contribution in [0.25, 0.3) is 0 Å². The molecule has 0 amide bonds. The average Bonchev–Trinajstić information content (AvgIpc) is 2.29. The molecule has 1 rings (SSSR count). The van der Waals surface area contributed by atoms with Crippen molar-refractivity contribution >= 4 is 33.3 Å². The molecule has 18 heavy (non-hydrogen) atoms. The van der Waals surface area contributed by atoms with Crippen LogP contribution >= 0.6 is 15.9 Å². The Balaban J connectivity index is 2.86. The third kappa shape index (κ3) is 3.67. The third-order valence-electron chi connectivity index (χ3n) is 2.19. The summed E-state index contributed by atoms with van der Waals surface area (Å²) in [5.74, 6) is -1.14. The van der Waals surface area contributed by atoms with Crippen LogP contribution in [-0.4, -0.2) is 35.8 Å². The zero-order valence-electron chi connectivity index (χ0n) is 9.42. The number of benzene rings is 1. The molecule has 7 nitrogen and oxygen atoms in total. The number of anilines is 1. The highest BCUT2D eigenvalue weighted by atomic mass is 79.9. The maximum absolute atomic E-state index is 10.8. The van der Waals surface area contributed by atoms with Gasteiger partial charge in [-0.05, 0) is 12.1 Å². The van der Waals surface area contributed by atoms with E-state index in [1.165, 1.54) is 25.3 Å². The topological polar surface area (TPSA) is 102 Å². The molecule has 1 aromatic carbocycles. The van der Waals surface area contributed by atoms with Gasteiger partial charge in [-0.25, -0.2) is 4.79 Å². The van der Waals surface area contributed by atoms with E-state index in [0.29, 0.717) is 4.47 Å². The summed E-state index contributed by atoms with van der Waals surface area (Å²) in [7, 11) is 1.26. The summed E-state index contributed by atoms with van der Waals surface area (Å²) in [5, 5.41) is 22.3. The molecule has 2 N–H and O–H groups in total. The molecule has 8 heteroatoms. The van der Waals surface area contributed by atoms with Crippen LogP contribution in [0.5, 0.6) is 0 Å². The molecule has 0 heterocycles. The van der Waals surface area contributed by atoms with Gasteiger partial charge in [0.15, 0.2) is 6.10 Å². The number of hydrogen-bond donors (Lipinski definition) is 2. The second-order valence-corrected chi connectivity index (χ2v) is 4.28. The first kappa shape index (κ1) is 14.4. The van der Waals surface area contributed by atoms with E-state index in [1.807, 2.05) is 0 Å². The fraction of sp³-hybridized carbons (Fsp3) is 0.300. The Morgan fingerprint density at radius 2 is 2.33 bits per heavy atom. The maximum Gasteiger partial charge on any atom is 0.334 e. The van der Waals surface area contributed by atoms with E-state index < -0.39 is 17.0 Å². The van der Waals surface area contributed by atoms with Crippen molar-refractivity contribution in [2.24, 2.45) is 0 Å². The van der Waals surface area contributed by atoms with Crippen molar-refractivity contribution in [3.63, 3.8) is 0 Å². The average molecular weight is 319 g/mol. The number of methoxy groups -OCH3 is 1. The lowest BCUT2D eigenvalue weighted by molar-refractivity contribution is -0.384. The van der Waals surface area contributed by atoms with Crippen LogP contribution in [0.3, 0.4) is 0 Å². The molecule has 0 saturated carbocycles. The Hall–Kier alpha value is -1.67. The molecule has 1 atom stereocenters. The first-order valence-electron chi connectivity index (χ1n) is 4.89. The summed E-state index contributed by atoms with van der Waals surface area (Å²) in [6.45, 7) is -0.0663. The molecule has 0 radical (unpaired) electrons. The highest BCUT2D eigenvalue weighted by Crippen LogP contribution is 2.27. The zero-order chi connectivity index (χ0) is 13.7. The van der Waals surface area contributed by atoms with Gasteiger partial charge in [0, 0.05) is 17.6 Å². The van der Waals surface area contributed by atoms with Gasteiger partial charge in [0.1, 0.15) is 5.69 Å². The maximum atomic E-state index is 10.8. The lowest BCUT2D eigenvalue weighted by atomic mass is 10.2. The molecule has 0 aliphatic rings. The van der Waals surface area contributed by atoms with Crippen molar-refractivity contribution in [3.8, 4) is 0 Å². The highest BCUT2D eigenvalue weighted by Gasteiger charge is 2.19. The van der Waals surface area contributed by atoms with Crippen LogP contribution in [0, 0.1) is 10.1 Å². The van der Waals surface area contributed by atoms with Gasteiger partial charge in [0.2, 0.25) is 0 Å². The predicted molar refractivity (Wildman–Crippen MR) is 67.7 cm³/mol. The second-order valence-electron chi connectivity index (χ2n) is 3.36. The number of rotatable bonds is 6. The molecule has 0 aliphatic heterocycles. The lowest BCUT2D eigenvalue weighted by Gasteiger charge is -2.12. The van der Waals surface area contributed by atoms with E-state index in [2.05, 4.69) is 21.2 Å². The number of nitro benzene ring substituents is 1. The van der Waals surface area contributed by atoms with Gasteiger partial charge in [-0.3, -0.25) is 10.1 Å². The fourth-order valence-corrected chi connectivity index (χ4v) is 1.64. The quantitative estimate of drug-likeness (QED) is 0.613. The highest BCUT2D eigenvalue weighted by molar-refractivity contribution is 9.10. The van der Waals surface area contributed by atoms with Crippen LogP contribution < -0.4 is 5.32 Å². The molecule has 0 aromatic heterocycles. The van der Waals surface area contributed by atoms with Crippen molar-refractivity contribution in [1.29, 1.82) is 0 Å². The summed E-state index contributed by atoms with van der Waals surface area (Å²) in [4.78, 5) is 21.0. The molecule has 1 aromatic rings. The first-order valence-corrected chi connectivity index (χ1v) is 5.68. The zero-order valence-corrected chi connectivity index (χ0v) is 11.0. The number of halogens is 1. The Morgan fingerprint density at radius 3 is 2.83 bits per heavy atom. The summed E-state index contributed by atoms with van der Waals surface area (Å²) >= 11 is 3.19. The Labute approximate surface area is 111 Å². The van der Waals surface area contributed by atoms with E-state index in [4.69, 9.17) is 9.84 Å². The number of aliphatic carboxylic acids is 1. The lowest BCUT2D eigenvalue weighted by Crippen LogP contribution is -2.30. The summed E-state index contributed by atoms with van der Waals surface area (Å²) < 4.78 is 5.37. The molecule has 0 spiro atoms. The van der Waals surface area contributed by atoms with Crippen molar-refractivity contribution in [1.82, 2.24) is 0 Å². The van der Waals surface area contributed by atoms with E-state index in [0.717, 1.165) is 0 Å². The molecular weight excluding hydrogens is 308 g/mol. The van der Waals surface area contributed by atoms with E-state index in [-0.39, 0.29) is 17.9 Å². The largest absolute Gasteiger partial charge is 0.479 e. The van der Waals surface area contributed by atoms with Crippen LogP contribution in [-0.2, 0) is 9.53 Å². The van der Waals surface area contributed by atoms with Crippen LogP contribution in [0.15, 0.2) is 22.7 Å². The SMILES string of the molecule is COC(CNc1cc(Br)ccc1[N+](=O)[O-])C(=O)O. The van der Waals surface area contributed by atoms with Gasteiger partial charge in [0.05, 0.1) is 11.5 Å². The van der Waals surface area contributed by atoms with Crippen molar-refractivity contribution in [2.75, 3.05) is 19.0 Å². The number of nitro groups is 1. The minimum absolute atomic E-state index is 0.0663. The standard InChI is InChI=1S/C10H11BrN2O5/c1-18-9(10(14)15)5-12-7-4-6(11)2-3-8(7)13(16)17/h2-4,9,12H,5H2,1H3,(H,14,15). The Kier molecular flexibility index (Phi) is 5.05. The third-order valence-corrected chi connectivity index (χ3v) is 2.69. The van der Waals surface area contributed by atoms with Crippen molar-refractivity contribution in [3.05, 3.63) is 32.8 Å². The number of carbonyl (C=O) groups is 1. The number of nitrogens with zero attached hydrogens (tertiary/aromatic N) is 1. The smallest absolute Gasteiger partial charge is 0.334 e. The first-order chi connectivity index (χ1) is 8.45. The van der Waals surface area contributed by atoms with Gasteiger partial charge in [-0.1, -0.05) is 15.9 Å². The van der Waals surface area contributed by atoms with Gasteiger partial charge in [0.25, 0.3) is 5.69 Å². The van der Waals surface area contributed by atoms with Gasteiger partial charge < -0.3 is 15.2 Å². The summed E-state index contributed by atoms with van der Waals surface area (Å²) in [5.41, 5.74) is 0.108. The number of hydrogen-bond acceptors (Lipinski definition) is 5. The second kappa shape index (κ2) is 6.31. The van der Waals surface area contributed by atoms with Gasteiger partial charge >= 0.3 is 5.97 Å². The van der Waals surface area contributed by atoms with Crippen LogP contribution in [0.1, 0.15) is 0 Å². The molecule has 0 saturated heterocycles. The predicted octanol–water partition coefficient (Wildman–Crippen LogP) is 1.87. The normalized spacial score (nSPS) is 11.9. The van der Waals surface area contributed by atoms with Crippen LogP contribution in [0.2, 0.25) is 0 Å². The summed E-state index contributed by atoms with van der Waals surface area (Å²) in [6.07, 6.45) is -1.07. The number of carboxylic acid groups (broad SMARTS) is 1. The van der Waals surface area contributed by atoms with E-state index in [9.17, 15) is 14.9 Å². The molecule has 98 valence electrons. The number of nitrogens with one attached hydrogen (secondary N) is 1. The molecular formula is C10H11BrN2O5. The Bertz CT molecular complexity index is 466. The number of ether oxygens (including phenoxy) is 1. The molecule has 0 fully saturated rings. The van der Waals surface area contributed by atoms with E-state index >= 15 is 0 Å².